The predicted molar refractivity (Wildman–Crippen MR) is 112 cm³/mol. The van der Waals surface area contributed by atoms with Gasteiger partial charge in [-0.15, -0.1) is 0 Å². The Morgan fingerprint density at radius 1 is 0.962 bits per heavy atom. The topological polar surface area (TPSA) is 47.9 Å². The lowest BCUT2D eigenvalue weighted by atomic mass is 10.0. The van der Waals surface area contributed by atoms with Crippen LogP contribution in [0, 0.1) is 11.3 Å². The molecule has 26 heavy (non-hydrogen) atoms. The van der Waals surface area contributed by atoms with Crippen LogP contribution in [0.3, 0.4) is 0 Å². The Bertz CT molecular complexity index is 921. The summed E-state index contributed by atoms with van der Waals surface area (Å²) in [6.45, 7) is 0.821. The van der Waals surface area contributed by atoms with Crippen molar-refractivity contribution in [2.75, 3.05) is 11.9 Å². The summed E-state index contributed by atoms with van der Waals surface area (Å²) in [6, 6.07) is 24.9. The van der Waals surface area contributed by atoms with Gasteiger partial charge < -0.3 is 10.6 Å². The van der Waals surface area contributed by atoms with Crippen molar-refractivity contribution in [1.82, 2.24) is 5.32 Å². The Morgan fingerprint density at radius 2 is 1.73 bits per heavy atom. The summed E-state index contributed by atoms with van der Waals surface area (Å²) in [6.07, 6.45) is 2.45. The second-order valence-electron chi connectivity index (χ2n) is 6.15. The molecule has 0 heterocycles. The van der Waals surface area contributed by atoms with E-state index in [0.717, 1.165) is 30.6 Å². The zero-order valence-corrected chi connectivity index (χ0v) is 15.4. The molecule has 0 aliphatic carbocycles. The number of thiocarbonyl (C=S) groups is 1. The van der Waals surface area contributed by atoms with Crippen molar-refractivity contribution in [3.63, 3.8) is 0 Å². The molecule has 3 aromatic rings. The molecule has 0 spiro atoms. The van der Waals surface area contributed by atoms with Gasteiger partial charge in [-0.05, 0) is 59.1 Å². The maximum atomic E-state index is 8.70. The van der Waals surface area contributed by atoms with Crippen molar-refractivity contribution in [1.29, 1.82) is 5.26 Å². The number of aryl methyl sites for hydroxylation is 1. The molecule has 130 valence electrons. The van der Waals surface area contributed by atoms with E-state index < -0.39 is 0 Å². The SMILES string of the molecule is N#CCc1ccc(NC(=S)NCCCc2cccc3ccccc23)cc1. The van der Waals surface area contributed by atoms with Crippen LogP contribution in [0.15, 0.2) is 66.7 Å². The number of hydrogen-bond acceptors (Lipinski definition) is 2. The number of hydrogen-bond donors (Lipinski definition) is 2. The van der Waals surface area contributed by atoms with Crippen LogP contribution in [0.4, 0.5) is 5.69 Å². The highest BCUT2D eigenvalue weighted by Gasteiger charge is 2.01. The largest absolute Gasteiger partial charge is 0.362 e. The summed E-state index contributed by atoms with van der Waals surface area (Å²) in [7, 11) is 0. The lowest BCUT2D eigenvalue weighted by molar-refractivity contribution is 0.780. The fourth-order valence-electron chi connectivity index (χ4n) is 2.96. The molecule has 3 rings (SSSR count). The van der Waals surface area contributed by atoms with E-state index in [4.69, 9.17) is 17.5 Å². The molecule has 0 aliphatic heterocycles. The van der Waals surface area contributed by atoms with E-state index in [9.17, 15) is 0 Å². The van der Waals surface area contributed by atoms with E-state index in [2.05, 4.69) is 59.2 Å². The number of benzene rings is 3. The molecule has 0 amide bonds. The molecule has 0 saturated carbocycles. The van der Waals surface area contributed by atoms with Crippen LogP contribution in [-0.2, 0) is 12.8 Å². The highest BCUT2D eigenvalue weighted by atomic mass is 32.1. The Hall–Kier alpha value is -2.90. The van der Waals surface area contributed by atoms with Crippen molar-refractivity contribution in [3.05, 3.63) is 77.9 Å². The Balaban J connectivity index is 1.46. The van der Waals surface area contributed by atoms with Crippen molar-refractivity contribution in [2.24, 2.45) is 0 Å². The van der Waals surface area contributed by atoms with Crippen molar-refractivity contribution >= 4 is 33.8 Å². The van der Waals surface area contributed by atoms with Gasteiger partial charge in [-0.3, -0.25) is 0 Å². The molecule has 4 heteroatoms. The van der Waals surface area contributed by atoms with Gasteiger partial charge in [0.05, 0.1) is 12.5 Å². The van der Waals surface area contributed by atoms with Crippen LogP contribution in [-0.4, -0.2) is 11.7 Å². The van der Waals surface area contributed by atoms with Crippen molar-refractivity contribution < 1.29 is 0 Å². The molecule has 3 nitrogen and oxygen atoms in total. The first-order valence-corrected chi connectivity index (χ1v) is 9.14. The van der Waals surface area contributed by atoms with Gasteiger partial charge >= 0.3 is 0 Å². The van der Waals surface area contributed by atoms with Gasteiger partial charge in [0.1, 0.15) is 0 Å². The summed E-state index contributed by atoms with van der Waals surface area (Å²) in [4.78, 5) is 0. The molecule has 0 saturated heterocycles. The van der Waals surface area contributed by atoms with Crippen molar-refractivity contribution in [3.8, 4) is 6.07 Å². The second-order valence-corrected chi connectivity index (χ2v) is 6.56. The minimum absolute atomic E-state index is 0.428. The fourth-order valence-corrected chi connectivity index (χ4v) is 3.18. The van der Waals surface area contributed by atoms with Gasteiger partial charge in [0, 0.05) is 12.2 Å². The first-order chi connectivity index (χ1) is 12.8. The molecule has 0 fully saturated rings. The van der Waals surface area contributed by atoms with Gasteiger partial charge in [0.15, 0.2) is 5.11 Å². The fraction of sp³-hybridized carbons (Fsp3) is 0.182. The number of nitrogens with zero attached hydrogens (tertiary/aromatic N) is 1. The molecular weight excluding hydrogens is 338 g/mol. The van der Waals surface area contributed by atoms with Crippen LogP contribution in [0.5, 0.6) is 0 Å². The Kier molecular flexibility index (Phi) is 6.19. The lowest BCUT2D eigenvalue weighted by Crippen LogP contribution is -2.29. The highest BCUT2D eigenvalue weighted by Crippen LogP contribution is 2.19. The minimum Gasteiger partial charge on any atom is -0.362 e. The zero-order valence-electron chi connectivity index (χ0n) is 14.5. The molecule has 0 aliphatic rings. The third-order valence-corrected chi connectivity index (χ3v) is 4.53. The second kappa shape index (κ2) is 8.98. The summed E-state index contributed by atoms with van der Waals surface area (Å²) >= 11 is 5.35. The van der Waals surface area contributed by atoms with Crippen LogP contribution >= 0.6 is 12.2 Å². The zero-order chi connectivity index (χ0) is 18.2. The van der Waals surface area contributed by atoms with E-state index >= 15 is 0 Å². The van der Waals surface area contributed by atoms with E-state index in [-0.39, 0.29) is 0 Å². The van der Waals surface area contributed by atoms with E-state index in [0.29, 0.717) is 11.5 Å². The number of nitrogens with one attached hydrogen (secondary N) is 2. The predicted octanol–water partition coefficient (Wildman–Crippen LogP) is 4.83. The summed E-state index contributed by atoms with van der Waals surface area (Å²) in [5, 5.41) is 18.4. The maximum Gasteiger partial charge on any atom is 0.170 e. The smallest absolute Gasteiger partial charge is 0.170 e. The molecule has 0 unspecified atom stereocenters. The summed E-state index contributed by atoms with van der Waals surface area (Å²) < 4.78 is 0. The van der Waals surface area contributed by atoms with E-state index in [1.165, 1.54) is 16.3 Å². The Morgan fingerprint density at radius 3 is 2.54 bits per heavy atom. The van der Waals surface area contributed by atoms with Crippen molar-refractivity contribution in [2.45, 2.75) is 19.3 Å². The quantitative estimate of drug-likeness (QED) is 0.489. The molecule has 0 atom stereocenters. The summed E-state index contributed by atoms with van der Waals surface area (Å²) in [5.41, 5.74) is 3.31. The first kappa shape index (κ1) is 17.9. The highest BCUT2D eigenvalue weighted by molar-refractivity contribution is 7.80. The number of anilines is 1. The third kappa shape index (κ3) is 4.81. The van der Waals surface area contributed by atoms with Crippen LogP contribution < -0.4 is 10.6 Å². The number of rotatable bonds is 6. The van der Waals surface area contributed by atoms with Gasteiger partial charge in [0.2, 0.25) is 0 Å². The third-order valence-electron chi connectivity index (χ3n) is 4.28. The van der Waals surface area contributed by atoms with Crippen LogP contribution in [0.2, 0.25) is 0 Å². The average molecular weight is 359 g/mol. The number of nitriles is 1. The van der Waals surface area contributed by atoms with Gasteiger partial charge in [-0.2, -0.15) is 5.26 Å². The summed E-state index contributed by atoms with van der Waals surface area (Å²) in [5.74, 6) is 0. The van der Waals surface area contributed by atoms with E-state index in [1.807, 2.05) is 24.3 Å². The molecular formula is C22H21N3S. The molecule has 0 bridgehead atoms. The molecule has 0 aromatic heterocycles. The lowest BCUT2D eigenvalue weighted by Gasteiger charge is -2.11. The normalized spacial score (nSPS) is 10.3. The molecule has 2 N–H and O–H groups in total. The van der Waals surface area contributed by atoms with Gasteiger partial charge in [-0.1, -0.05) is 54.6 Å². The average Bonchev–Trinajstić information content (AvgIpc) is 2.67. The first-order valence-electron chi connectivity index (χ1n) is 8.73. The number of fused-ring (bicyclic) bond motifs is 1. The van der Waals surface area contributed by atoms with Gasteiger partial charge in [0.25, 0.3) is 0 Å². The van der Waals surface area contributed by atoms with Gasteiger partial charge in [-0.25, -0.2) is 0 Å². The molecule has 0 radical (unpaired) electrons. The monoisotopic (exact) mass is 359 g/mol. The standard InChI is InChI=1S/C22H21N3S/c23-15-14-17-10-12-20(13-11-17)25-22(26)24-16-4-8-19-7-3-6-18-5-1-2-9-21(18)19/h1-3,5-7,9-13H,4,8,14,16H2,(H2,24,25,26). The Labute approximate surface area is 159 Å². The maximum absolute atomic E-state index is 8.70. The van der Waals surface area contributed by atoms with E-state index in [1.54, 1.807) is 0 Å². The van der Waals surface area contributed by atoms with Crippen LogP contribution in [0.25, 0.3) is 10.8 Å². The minimum atomic E-state index is 0.428. The molecule has 3 aromatic carbocycles. The van der Waals surface area contributed by atoms with Crippen LogP contribution in [0.1, 0.15) is 17.5 Å².